The first-order valence-corrected chi connectivity index (χ1v) is 6.52. The number of Topliss-reactive ketones (excluding diaryl/α,β-unsaturated/α-hetero) is 1. The quantitative estimate of drug-likeness (QED) is 0.629. The number of hydrogen-bond acceptors (Lipinski definition) is 4. The Morgan fingerprint density at radius 2 is 2.05 bits per heavy atom. The van der Waals surface area contributed by atoms with Crippen molar-refractivity contribution in [2.75, 3.05) is 6.54 Å². The van der Waals surface area contributed by atoms with Crippen molar-refractivity contribution in [3.8, 4) is 0 Å². The van der Waals surface area contributed by atoms with Gasteiger partial charge >= 0.3 is 5.97 Å². The Labute approximate surface area is 118 Å². The molecule has 6 heteroatoms. The first-order valence-electron chi connectivity index (χ1n) is 6.52. The second-order valence-electron chi connectivity index (χ2n) is 4.62. The van der Waals surface area contributed by atoms with Gasteiger partial charge in [-0.2, -0.15) is 0 Å². The van der Waals surface area contributed by atoms with Crippen LogP contribution >= 0.6 is 0 Å². The zero-order valence-electron chi connectivity index (χ0n) is 12.2. The number of carbonyl (C=O) groups excluding carboxylic acids is 3. The van der Waals surface area contributed by atoms with E-state index in [9.17, 15) is 14.4 Å². The molecule has 0 spiro atoms. The summed E-state index contributed by atoms with van der Waals surface area (Å²) in [7, 11) is 1.64. The van der Waals surface area contributed by atoms with Crippen LogP contribution in [0.4, 0.5) is 0 Å². The lowest BCUT2D eigenvalue weighted by Crippen LogP contribution is -2.36. The Morgan fingerprint density at radius 3 is 2.55 bits per heavy atom. The smallest absolute Gasteiger partial charge is 0.355 e. The number of aromatic nitrogens is 1. The van der Waals surface area contributed by atoms with Crippen LogP contribution in [-0.4, -0.2) is 34.9 Å². The molecule has 0 saturated carbocycles. The van der Waals surface area contributed by atoms with Gasteiger partial charge in [0.15, 0.2) is 11.9 Å². The second kappa shape index (κ2) is 6.88. The van der Waals surface area contributed by atoms with Crippen LogP contribution in [0.2, 0.25) is 0 Å². The van der Waals surface area contributed by atoms with Crippen molar-refractivity contribution in [2.24, 2.45) is 7.05 Å². The van der Waals surface area contributed by atoms with Crippen LogP contribution in [0, 0.1) is 0 Å². The first kappa shape index (κ1) is 15.9. The van der Waals surface area contributed by atoms with Crippen molar-refractivity contribution in [3.05, 3.63) is 23.5 Å². The maximum Gasteiger partial charge on any atom is 0.355 e. The first-order chi connectivity index (χ1) is 9.36. The summed E-state index contributed by atoms with van der Waals surface area (Å²) in [6.07, 6.45) is 1.50. The van der Waals surface area contributed by atoms with Crippen LogP contribution in [0.1, 0.15) is 48.0 Å². The molecule has 1 aromatic heterocycles. The van der Waals surface area contributed by atoms with Gasteiger partial charge in [0.2, 0.25) is 0 Å². The molecule has 110 valence electrons. The van der Waals surface area contributed by atoms with Gasteiger partial charge in [0, 0.05) is 25.4 Å². The molecule has 0 bridgehead atoms. The van der Waals surface area contributed by atoms with E-state index >= 15 is 0 Å². The van der Waals surface area contributed by atoms with Crippen molar-refractivity contribution in [3.63, 3.8) is 0 Å². The summed E-state index contributed by atoms with van der Waals surface area (Å²) in [6.45, 7) is 5.41. The topological polar surface area (TPSA) is 77.4 Å². The fraction of sp³-hybridized carbons (Fsp3) is 0.500. The van der Waals surface area contributed by atoms with Crippen molar-refractivity contribution in [2.45, 2.75) is 33.3 Å². The lowest BCUT2D eigenvalue weighted by molar-refractivity contribution is -0.129. The van der Waals surface area contributed by atoms with Gasteiger partial charge in [-0.3, -0.25) is 9.59 Å². The van der Waals surface area contributed by atoms with Crippen LogP contribution in [0.25, 0.3) is 0 Å². The van der Waals surface area contributed by atoms with Gasteiger partial charge in [0.25, 0.3) is 5.91 Å². The van der Waals surface area contributed by atoms with E-state index in [-0.39, 0.29) is 17.4 Å². The summed E-state index contributed by atoms with van der Waals surface area (Å²) in [5.74, 6) is -1.09. The van der Waals surface area contributed by atoms with Gasteiger partial charge in [-0.1, -0.05) is 6.92 Å². The lowest BCUT2D eigenvalue weighted by atomic mass is 10.2. The Bertz CT molecular complexity index is 519. The summed E-state index contributed by atoms with van der Waals surface area (Å²) < 4.78 is 6.60. The van der Waals surface area contributed by atoms with Crippen molar-refractivity contribution in [1.82, 2.24) is 9.88 Å². The molecule has 1 rings (SSSR count). The largest absolute Gasteiger partial charge is 0.448 e. The average Bonchev–Trinajstić information content (AvgIpc) is 2.78. The molecule has 0 aliphatic heterocycles. The van der Waals surface area contributed by atoms with Gasteiger partial charge in [-0.15, -0.1) is 0 Å². The van der Waals surface area contributed by atoms with Crippen LogP contribution in [0.3, 0.4) is 0 Å². The third-order valence-corrected chi connectivity index (χ3v) is 2.82. The maximum absolute atomic E-state index is 12.0. The zero-order chi connectivity index (χ0) is 15.3. The van der Waals surface area contributed by atoms with Gasteiger partial charge < -0.3 is 14.6 Å². The minimum atomic E-state index is -0.871. The second-order valence-corrected chi connectivity index (χ2v) is 4.62. The number of carbonyl (C=O) groups is 3. The highest BCUT2D eigenvalue weighted by molar-refractivity contribution is 5.98. The van der Waals surface area contributed by atoms with Crippen LogP contribution in [0.15, 0.2) is 12.3 Å². The van der Waals surface area contributed by atoms with E-state index in [0.717, 1.165) is 6.42 Å². The van der Waals surface area contributed by atoms with E-state index in [1.807, 2.05) is 6.92 Å². The molecule has 6 nitrogen and oxygen atoms in total. The highest BCUT2D eigenvalue weighted by Gasteiger charge is 2.21. The van der Waals surface area contributed by atoms with E-state index in [1.54, 1.807) is 13.2 Å². The molecule has 1 amide bonds. The molecule has 0 aliphatic rings. The number of ether oxygens (including phenoxy) is 1. The summed E-state index contributed by atoms with van der Waals surface area (Å²) in [4.78, 5) is 34.8. The molecule has 20 heavy (non-hydrogen) atoms. The fourth-order valence-corrected chi connectivity index (χ4v) is 1.63. The van der Waals surface area contributed by atoms with E-state index < -0.39 is 12.1 Å². The molecule has 1 aromatic rings. The Hall–Kier alpha value is -2.11. The highest BCUT2D eigenvalue weighted by Crippen LogP contribution is 2.10. The van der Waals surface area contributed by atoms with Crippen molar-refractivity contribution in [1.29, 1.82) is 0 Å². The number of nitrogens with zero attached hydrogens (tertiary/aromatic N) is 1. The third-order valence-electron chi connectivity index (χ3n) is 2.82. The predicted octanol–water partition coefficient (Wildman–Crippen LogP) is 1.30. The Morgan fingerprint density at radius 1 is 1.40 bits per heavy atom. The number of hydrogen-bond donors (Lipinski definition) is 1. The number of aryl methyl sites for hydroxylation is 1. The third kappa shape index (κ3) is 3.94. The van der Waals surface area contributed by atoms with E-state index in [4.69, 9.17) is 4.74 Å². The molecule has 1 N–H and O–H groups in total. The molecule has 0 fully saturated rings. The minimum absolute atomic E-state index is 0.131. The van der Waals surface area contributed by atoms with E-state index in [0.29, 0.717) is 12.1 Å². The Balaban J connectivity index is 2.71. The maximum atomic E-state index is 12.0. The molecule has 0 radical (unpaired) electrons. The molecular formula is C14H20N2O4. The van der Waals surface area contributed by atoms with Crippen molar-refractivity contribution >= 4 is 17.7 Å². The highest BCUT2D eigenvalue weighted by atomic mass is 16.5. The summed E-state index contributed by atoms with van der Waals surface area (Å²) in [6, 6.07) is 1.46. The summed E-state index contributed by atoms with van der Waals surface area (Å²) >= 11 is 0. The fourth-order valence-electron chi connectivity index (χ4n) is 1.63. The summed E-state index contributed by atoms with van der Waals surface area (Å²) in [5, 5.41) is 2.65. The van der Waals surface area contributed by atoms with E-state index in [2.05, 4.69) is 5.32 Å². The van der Waals surface area contributed by atoms with E-state index in [1.165, 1.54) is 24.5 Å². The number of ketones is 1. The normalized spacial score (nSPS) is 11.8. The van der Waals surface area contributed by atoms with Gasteiger partial charge in [0.1, 0.15) is 5.69 Å². The number of esters is 1. The number of rotatable bonds is 6. The number of amides is 1. The minimum Gasteiger partial charge on any atom is -0.448 e. The van der Waals surface area contributed by atoms with Gasteiger partial charge in [0.05, 0.1) is 0 Å². The molecule has 1 unspecified atom stereocenters. The molecule has 0 aliphatic carbocycles. The molecule has 1 heterocycles. The zero-order valence-corrected chi connectivity index (χ0v) is 12.2. The summed E-state index contributed by atoms with van der Waals surface area (Å²) in [5.41, 5.74) is 0.674. The SMILES string of the molecule is CCCNC(=O)C(C)OC(=O)c1cc(C(C)=O)cn1C. The predicted molar refractivity (Wildman–Crippen MR) is 73.6 cm³/mol. The monoisotopic (exact) mass is 280 g/mol. The lowest BCUT2D eigenvalue weighted by Gasteiger charge is -2.13. The molecule has 0 saturated heterocycles. The average molecular weight is 280 g/mol. The van der Waals surface area contributed by atoms with Crippen LogP contribution in [0.5, 0.6) is 0 Å². The molecule has 0 aromatic carbocycles. The molecule has 1 atom stereocenters. The Kier molecular flexibility index (Phi) is 5.49. The van der Waals surface area contributed by atoms with Gasteiger partial charge in [-0.25, -0.2) is 4.79 Å². The van der Waals surface area contributed by atoms with Crippen LogP contribution in [-0.2, 0) is 16.6 Å². The van der Waals surface area contributed by atoms with Gasteiger partial charge in [-0.05, 0) is 26.3 Å². The number of nitrogens with one attached hydrogen (secondary N) is 1. The van der Waals surface area contributed by atoms with Crippen LogP contribution < -0.4 is 5.32 Å². The molecular weight excluding hydrogens is 260 g/mol. The van der Waals surface area contributed by atoms with Crippen molar-refractivity contribution < 1.29 is 19.1 Å². The standard InChI is InChI=1S/C14H20N2O4/c1-5-6-15-13(18)10(3)20-14(19)12-7-11(9(2)17)8-16(12)4/h7-8,10H,5-6H2,1-4H3,(H,15,18).